The number of likely N-dealkylation sites (tertiary alicyclic amines) is 1. The number of carbonyl (C=O) groups excluding carboxylic acids is 3. The van der Waals surface area contributed by atoms with E-state index in [0.717, 1.165) is 49.7 Å². The second-order valence-corrected chi connectivity index (χ2v) is 11.8. The molecular weight excluding hydrogens is 528 g/mol. The van der Waals surface area contributed by atoms with Crippen LogP contribution in [0.1, 0.15) is 70.8 Å². The summed E-state index contributed by atoms with van der Waals surface area (Å²) in [7, 11) is 1.75. The molecule has 2 N–H and O–H groups in total. The number of benzene rings is 1. The number of hydrogen-bond acceptors (Lipinski definition) is 5. The average molecular weight is 577 g/mol. The van der Waals surface area contributed by atoms with Crippen LogP contribution in [0.5, 0.6) is 0 Å². The number of nitrogens with zero attached hydrogens (tertiary/aromatic N) is 4. The van der Waals surface area contributed by atoms with Crippen molar-refractivity contribution in [2.24, 2.45) is 5.92 Å². The van der Waals surface area contributed by atoms with Crippen molar-refractivity contribution < 1.29 is 17.2 Å². The number of hydrogen-bond donors (Lipinski definition) is 2. The van der Waals surface area contributed by atoms with E-state index in [4.69, 9.17) is 0 Å². The first kappa shape index (κ1) is 29.8. The maximum atomic E-state index is 14.2. The number of rotatable bonds is 11. The molecule has 3 heterocycles. The molecule has 1 aliphatic carbocycles. The first-order valence-electron chi connectivity index (χ1n) is 15.5. The first-order chi connectivity index (χ1) is 20.4. The fourth-order valence-corrected chi connectivity index (χ4v) is 6.39. The molecule has 3 atom stereocenters. The number of carbonyl (C=O) groups is 3. The lowest BCUT2D eigenvalue weighted by Gasteiger charge is -2.37. The molecule has 5 rings (SSSR count). The molecule has 42 heavy (non-hydrogen) atoms. The Hall–Kier alpha value is -3.72. The molecule has 2 aromatic heterocycles. The molecule has 1 aliphatic heterocycles. The minimum absolute atomic E-state index is 0. The molecule has 0 radical (unpaired) electrons. The molecule has 1 aromatic carbocycles. The van der Waals surface area contributed by atoms with Gasteiger partial charge in [-0.25, -0.2) is 4.98 Å². The zero-order valence-electron chi connectivity index (χ0n) is 24.9. The van der Waals surface area contributed by atoms with Crippen LogP contribution in [0.3, 0.4) is 0 Å². The predicted molar refractivity (Wildman–Crippen MR) is 167 cm³/mol. The fourth-order valence-electron chi connectivity index (χ4n) is 6.39. The van der Waals surface area contributed by atoms with Gasteiger partial charge in [0.25, 0.3) is 5.91 Å². The van der Waals surface area contributed by atoms with Gasteiger partial charge in [0.05, 0.1) is 6.04 Å². The number of amides is 3. The lowest BCUT2D eigenvalue weighted by Crippen LogP contribution is -2.57. The van der Waals surface area contributed by atoms with Crippen LogP contribution in [0, 0.1) is 5.92 Å². The van der Waals surface area contributed by atoms with E-state index in [9.17, 15) is 14.4 Å². The van der Waals surface area contributed by atoms with Gasteiger partial charge in [0.2, 0.25) is 11.8 Å². The third-order valence-corrected chi connectivity index (χ3v) is 8.99. The summed E-state index contributed by atoms with van der Waals surface area (Å²) in [5, 5.41) is 6.10. The molecule has 9 nitrogen and oxygen atoms in total. The summed E-state index contributed by atoms with van der Waals surface area (Å²) < 4.78 is 1.86. The topological polar surface area (TPSA) is 99.0 Å². The van der Waals surface area contributed by atoms with Crippen LogP contribution in [0.2, 0.25) is 0 Å². The van der Waals surface area contributed by atoms with Crippen LogP contribution in [-0.4, -0.2) is 81.7 Å². The molecule has 228 valence electrons. The molecule has 0 spiro atoms. The maximum Gasteiger partial charge on any atom is 0.274 e. The Balaban J connectivity index is 0.00000264. The van der Waals surface area contributed by atoms with Crippen molar-refractivity contribution in [3.05, 3.63) is 72.2 Å². The second-order valence-electron chi connectivity index (χ2n) is 11.8. The van der Waals surface area contributed by atoms with E-state index in [0.29, 0.717) is 31.7 Å². The van der Waals surface area contributed by atoms with Crippen molar-refractivity contribution in [3.63, 3.8) is 0 Å². The van der Waals surface area contributed by atoms with Gasteiger partial charge in [-0.2, -0.15) is 0 Å². The van der Waals surface area contributed by atoms with Gasteiger partial charge in [-0.3, -0.25) is 14.4 Å². The summed E-state index contributed by atoms with van der Waals surface area (Å²) in [6.45, 7) is 3.41. The van der Waals surface area contributed by atoms with E-state index < -0.39 is 6.04 Å². The van der Waals surface area contributed by atoms with Gasteiger partial charge in [-0.1, -0.05) is 55.7 Å². The summed E-state index contributed by atoms with van der Waals surface area (Å²) in [6.07, 6.45) is 11.3. The van der Waals surface area contributed by atoms with E-state index >= 15 is 0 Å². The van der Waals surface area contributed by atoms with Crippen molar-refractivity contribution in [1.82, 2.24) is 29.8 Å². The predicted octanol–water partition coefficient (Wildman–Crippen LogP) is 4.18. The molecule has 2 aliphatic rings. The Morgan fingerprint density at radius 2 is 1.79 bits per heavy atom. The molecule has 0 unspecified atom stereocenters. The number of pyridine rings is 1. The van der Waals surface area contributed by atoms with Gasteiger partial charge in [-0.05, 0) is 69.7 Å². The standard InChI is InChI=1S/C33H44N6O3.2H2/c1-24(34-2)31(40)36-30(26-14-7-4-8-15-26)33(42)39-20-11-16-27(39)22-38(21-18-25-12-5-3-6-13-25)32(41)28-23-37-19-10-9-17-29(37)35-28;;/h3,5-6,9-10,12-13,17,19,23-24,26-27,30,34H,4,7-8,11,14-16,18,20-22H2,1-2H3,(H,36,40);2*1H/t24-,27-,30-;;/m0../s1. The zero-order chi connectivity index (χ0) is 29.5. The Morgan fingerprint density at radius 3 is 2.52 bits per heavy atom. The average Bonchev–Trinajstić information content (AvgIpc) is 3.69. The van der Waals surface area contributed by atoms with E-state index in [1.807, 2.05) is 63.7 Å². The lowest BCUT2D eigenvalue weighted by atomic mass is 9.83. The number of imidazole rings is 1. The maximum absolute atomic E-state index is 14.2. The van der Waals surface area contributed by atoms with Crippen LogP contribution >= 0.6 is 0 Å². The number of likely N-dealkylation sites (N-methyl/N-ethyl adjacent to an activating group) is 1. The Bertz CT molecular complexity index is 1330. The monoisotopic (exact) mass is 576 g/mol. The highest BCUT2D eigenvalue weighted by atomic mass is 16.2. The summed E-state index contributed by atoms with van der Waals surface area (Å²) >= 11 is 0. The van der Waals surface area contributed by atoms with Crippen molar-refractivity contribution in [1.29, 1.82) is 0 Å². The van der Waals surface area contributed by atoms with Crippen LogP contribution in [0.25, 0.3) is 5.65 Å². The quantitative estimate of drug-likeness (QED) is 0.357. The van der Waals surface area contributed by atoms with Gasteiger partial charge in [0, 0.05) is 40.9 Å². The summed E-state index contributed by atoms with van der Waals surface area (Å²) in [5.41, 5.74) is 2.28. The van der Waals surface area contributed by atoms with Gasteiger partial charge in [0.1, 0.15) is 17.4 Å². The second kappa shape index (κ2) is 14.0. The van der Waals surface area contributed by atoms with Gasteiger partial charge < -0.3 is 24.8 Å². The number of aromatic nitrogens is 2. The Labute approximate surface area is 251 Å². The van der Waals surface area contributed by atoms with E-state index in [-0.39, 0.29) is 38.6 Å². The highest BCUT2D eigenvalue weighted by Gasteiger charge is 2.39. The highest BCUT2D eigenvalue weighted by molar-refractivity contribution is 5.93. The van der Waals surface area contributed by atoms with E-state index in [1.54, 1.807) is 13.2 Å². The van der Waals surface area contributed by atoms with Gasteiger partial charge in [-0.15, -0.1) is 0 Å². The number of nitrogens with one attached hydrogen (secondary N) is 2. The van der Waals surface area contributed by atoms with Gasteiger partial charge >= 0.3 is 0 Å². The molecule has 3 amide bonds. The van der Waals surface area contributed by atoms with Crippen LogP contribution in [-0.2, 0) is 16.0 Å². The largest absolute Gasteiger partial charge is 0.343 e. The summed E-state index contributed by atoms with van der Waals surface area (Å²) in [6, 6.07) is 14.8. The van der Waals surface area contributed by atoms with E-state index in [1.165, 1.54) is 6.42 Å². The molecule has 0 bridgehead atoms. The summed E-state index contributed by atoms with van der Waals surface area (Å²) in [4.78, 5) is 49.5. The molecule has 1 saturated heterocycles. The Kier molecular flexibility index (Phi) is 9.89. The fraction of sp³-hybridized carbons (Fsp3) is 0.515. The van der Waals surface area contributed by atoms with Crippen molar-refractivity contribution >= 4 is 23.4 Å². The van der Waals surface area contributed by atoms with Crippen molar-refractivity contribution in [2.75, 3.05) is 26.7 Å². The molecule has 1 saturated carbocycles. The van der Waals surface area contributed by atoms with Crippen LogP contribution in [0.4, 0.5) is 0 Å². The minimum atomic E-state index is -0.541. The van der Waals surface area contributed by atoms with Gasteiger partial charge in [0.15, 0.2) is 0 Å². The summed E-state index contributed by atoms with van der Waals surface area (Å²) in [5.74, 6) is -0.156. The molecule has 3 aromatic rings. The van der Waals surface area contributed by atoms with E-state index in [2.05, 4.69) is 27.8 Å². The SMILES string of the molecule is CN[C@@H](C)C(=O)N[C@H](C(=O)N1CCC[C@H]1CN(CCc1ccccc1)C(=O)c1cn2ccccc2n1)C1CCCCC1.[HH].[HH]. The lowest BCUT2D eigenvalue weighted by molar-refractivity contribution is -0.139. The highest BCUT2D eigenvalue weighted by Crippen LogP contribution is 2.30. The molecule has 2 fully saturated rings. The Morgan fingerprint density at radius 1 is 1.02 bits per heavy atom. The van der Waals surface area contributed by atoms with Crippen molar-refractivity contribution in [2.45, 2.75) is 76.4 Å². The first-order valence-corrected chi connectivity index (χ1v) is 15.5. The number of fused-ring (bicyclic) bond motifs is 1. The minimum Gasteiger partial charge on any atom is -0.343 e. The van der Waals surface area contributed by atoms with Crippen molar-refractivity contribution in [3.8, 4) is 0 Å². The third-order valence-electron chi connectivity index (χ3n) is 8.99. The smallest absolute Gasteiger partial charge is 0.274 e. The molecular formula is C33H48N6O3. The van der Waals surface area contributed by atoms with Crippen LogP contribution < -0.4 is 10.6 Å². The third kappa shape index (κ3) is 7.01. The van der Waals surface area contributed by atoms with Crippen LogP contribution in [0.15, 0.2) is 60.9 Å². The molecule has 9 heteroatoms. The zero-order valence-corrected chi connectivity index (χ0v) is 24.9. The normalized spacial score (nSPS) is 19.0.